The van der Waals surface area contributed by atoms with Crippen LogP contribution in [0.15, 0.2) is 66.7 Å². The zero-order chi connectivity index (χ0) is 19.1. The van der Waals surface area contributed by atoms with Crippen LogP contribution in [0.25, 0.3) is 11.1 Å². The standard InChI is InChI=1S/C22H18ClNO3/c1-25-21-14-16(15-24)13-20(23)22(21)27-12-11-26-19-9-7-18(8-10-19)17-5-3-2-4-6-17/h2-10,13-14H,11-12H2,1H3. The summed E-state index contributed by atoms with van der Waals surface area (Å²) in [4.78, 5) is 0. The molecule has 0 fully saturated rings. The van der Waals surface area contributed by atoms with Crippen LogP contribution in [0, 0.1) is 11.3 Å². The highest BCUT2D eigenvalue weighted by Gasteiger charge is 2.12. The van der Waals surface area contributed by atoms with Crippen LogP contribution in [0.4, 0.5) is 0 Å². The molecule has 0 spiro atoms. The highest BCUT2D eigenvalue weighted by molar-refractivity contribution is 6.32. The second-order valence-electron chi connectivity index (χ2n) is 5.69. The Balaban J connectivity index is 1.56. The maximum absolute atomic E-state index is 8.98. The highest BCUT2D eigenvalue weighted by atomic mass is 35.5. The molecule has 0 aliphatic heterocycles. The summed E-state index contributed by atoms with van der Waals surface area (Å²) < 4.78 is 16.6. The number of halogens is 1. The van der Waals surface area contributed by atoms with Gasteiger partial charge in [-0.05, 0) is 29.3 Å². The van der Waals surface area contributed by atoms with Crippen LogP contribution in [0.1, 0.15) is 5.56 Å². The van der Waals surface area contributed by atoms with Gasteiger partial charge in [0.15, 0.2) is 11.5 Å². The first kappa shape index (κ1) is 18.6. The molecule has 0 aliphatic carbocycles. The third kappa shape index (κ3) is 4.72. The summed E-state index contributed by atoms with van der Waals surface area (Å²) in [6.07, 6.45) is 0. The van der Waals surface area contributed by atoms with Crippen LogP contribution in [-0.2, 0) is 0 Å². The zero-order valence-corrected chi connectivity index (χ0v) is 15.6. The molecule has 136 valence electrons. The van der Waals surface area contributed by atoms with Crippen LogP contribution in [-0.4, -0.2) is 20.3 Å². The molecule has 0 aromatic heterocycles. The Bertz CT molecular complexity index is 934. The molecule has 3 aromatic carbocycles. The van der Waals surface area contributed by atoms with Crippen LogP contribution in [0.3, 0.4) is 0 Å². The van der Waals surface area contributed by atoms with Gasteiger partial charge in [0, 0.05) is 6.07 Å². The molecule has 3 aromatic rings. The Morgan fingerprint density at radius 2 is 1.56 bits per heavy atom. The first-order chi connectivity index (χ1) is 13.2. The van der Waals surface area contributed by atoms with E-state index < -0.39 is 0 Å². The van der Waals surface area contributed by atoms with Gasteiger partial charge in [-0.3, -0.25) is 0 Å². The van der Waals surface area contributed by atoms with Crippen molar-refractivity contribution in [2.45, 2.75) is 0 Å². The van der Waals surface area contributed by atoms with Crippen molar-refractivity contribution < 1.29 is 14.2 Å². The summed E-state index contributed by atoms with van der Waals surface area (Å²) in [5.74, 6) is 1.59. The Labute approximate surface area is 163 Å². The number of nitrogens with zero attached hydrogens (tertiary/aromatic N) is 1. The number of rotatable bonds is 7. The van der Waals surface area contributed by atoms with E-state index in [-0.39, 0.29) is 0 Å². The maximum atomic E-state index is 8.98. The van der Waals surface area contributed by atoms with E-state index in [1.807, 2.05) is 48.5 Å². The monoisotopic (exact) mass is 379 g/mol. The molecule has 0 unspecified atom stereocenters. The minimum absolute atomic E-state index is 0.294. The molecule has 27 heavy (non-hydrogen) atoms. The summed E-state index contributed by atoms with van der Waals surface area (Å²) >= 11 is 6.17. The topological polar surface area (TPSA) is 51.5 Å². The fourth-order valence-electron chi connectivity index (χ4n) is 2.60. The lowest BCUT2D eigenvalue weighted by Crippen LogP contribution is -2.10. The quantitative estimate of drug-likeness (QED) is 0.519. The Morgan fingerprint density at radius 1 is 0.889 bits per heavy atom. The van der Waals surface area contributed by atoms with Crippen molar-refractivity contribution in [1.29, 1.82) is 5.26 Å². The second-order valence-corrected chi connectivity index (χ2v) is 6.10. The van der Waals surface area contributed by atoms with Crippen molar-refractivity contribution >= 4 is 11.6 Å². The van der Waals surface area contributed by atoms with Gasteiger partial charge in [0.05, 0.1) is 23.8 Å². The number of hydrogen-bond donors (Lipinski definition) is 0. The molecule has 4 nitrogen and oxygen atoms in total. The van der Waals surface area contributed by atoms with E-state index in [0.29, 0.717) is 35.3 Å². The van der Waals surface area contributed by atoms with Crippen molar-refractivity contribution in [1.82, 2.24) is 0 Å². The fourth-order valence-corrected chi connectivity index (χ4v) is 2.87. The molecular weight excluding hydrogens is 362 g/mol. The first-order valence-corrected chi connectivity index (χ1v) is 8.78. The lowest BCUT2D eigenvalue weighted by molar-refractivity contribution is 0.211. The number of benzene rings is 3. The third-order valence-corrected chi connectivity index (χ3v) is 4.20. The van der Waals surface area contributed by atoms with Gasteiger partial charge >= 0.3 is 0 Å². The molecular formula is C22H18ClNO3. The minimum atomic E-state index is 0.294. The van der Waals surface area contributed by atoms with Crippen molar-refractivity contribution in [2.24, 2.45) is 0 Å². The smallest absolute Gasteiger partial charge is 0.179 e. The first-order valence-electron chi connectivity index (χ1n) is 8.40. The molecule has 0 heterocycles. The molecule has 5 heteroatoms. The Morgan fingerprint density at radius 3 is 2.22 bits per heavy atom. The minimum Gasteiger partial charge on any atom is -0.493 e. The molecule has 0 N–H and O–H groups in total. The van der Waals surface area contributed by atoms with Gasteiger partial charge in [-0.25, -0.2) is 0 Å². The van der Waals surface area contributed by atoms with Crippen molar-refractivity contribution in [2.75, 3.05) is 20.3 Å². The largest absolute Gasteiger partial charge is 0.493 e. The fraction of sp³-hybridized carbons (Fsp3) is 0.136. The van der Waals surface area contributed by atoms with E-state index in [1.165, 1.54) is 7.11 Å². The Hall–Kier alpha value is -3.16. The highest BCUT2D eigenvalue weighted by Crippen LogP contribution is 2.36. The number of methoxy groups -OCH3 is 1. The molecule has 0 bridgehead atoms. The Kier molecular flexibility index (Phi) is 6.19. The average Bonchev–Trinajstić information content (AvgIpc) is 2.72. The van der Waals surface area contributed by atoms with E-state index in [4.69, 9.17) is 31.1 Å². The second kappa shape index (κ2) is 8.98. The van der Waals surface area contributed by atoms with E-state index in [2.05, 4.69) is 12.1 Å². The van der Waals surface area contributed by atoms with Gasteiger partial charge in [0.2, 0.25) is 0 Å². The summed E-state index contributed by atoms with van der Waals surface area (Å²) in [7, 11) is 1.50. The predicted molar refractivity (Wildman–Crippen MR) is 106 cm³/mol. The van der Waals surface area contributed by atoms with Gasteiger partial charge in [-0.2, -0.15) is 5.26 Å². The van der Waals surface area contributed by atoms with E-state index in [0.717, 1.165) is 16.9 Å². The summed E-state index contributed by atoms with van der Waals surface area (Å²) in [5, 5.41) is 9.31. The van der Waals surface area contributed by atoms with Crippen molar-refractivity contribution in [3.8, 4) is 34.4 Å². The average molecular weight is 380 g/mol. The maximum Gasteiger partial charge on any atom is 0.179 e. The van der Waals surface area contributed by atoms with Crippen LogP contribution < -0.4 is 14.2 Å². The molecule has 3 rings (SSSR count). The zero-order valence-electron chi connectivity index (χ0n) is 14.8. The number of ether oxygens (including phenoxy) is 3. The predicted octanol–water partition coefficient (Wildman–Crippen LogP) is 5.35. The van der Waals surface area contributed by atoms with Crippen LogP contribution in [0.2, 0.25) is 5.02 Å². The number of hydrogen-bond acceptors (Lipinski definition) is 4. The molecule has 0 amide bonds. The van der Waals surface area contributed by atoms with E-state index in [9.17, 15) is 0 Å². The molecule has 0 aliphatic rings. The lowest BCUT2D eigenvalue weighted by Gasteiger charge is -2.13. The van der Waals surface area contributed by atoms with Crippen molar-refractivity contribution in [3.05, 3.63) is 77.3 Å². The number of nitriles is 1. The van der Waals surface area contributed by atoms with E-state index in [1.54, 1.807) is 12.1 Å². The van der Waals surface area contributed by atoms with Gasteiger partial charge < -0.3 is 14.2 Å². The summed E-state index contributed by atoms with van der Waals surface area (Å²) in [5.41, 5.74) is 2.71. The molecule has 0 radical (unpaired) electrons. The molecule has 0 saturated carbocycles. The normalized spacial score (nSPS) is 10.1. The lowest BCUT2D eigenvalue weighted by atomic mass is 10.1. The third-order valence-electron chi connectivity index (χ3n) is 3.92. The van der Waals surface area contributed by atoms with Gasteiger partial charge in [-0.1, -0.05) is 54.1 Å². The van der Waals surface area contributed by atoms with Crippen LogP contribution >= 0.6 is 11.6 Å². The van der Waals surface area contributed by atoms with Gasteiger partial charge in [-0.15, -0.1) is 0 Å². The van der Waals surface area contributed by atoms with Gasteiger partial charge in [0.1, 0.15) is 19.0 Å². The summed E-state index contributed by atoms with van der Waals surface area (Å²) in [6, 6.07) is 23.2. The van der Waals surface area contributed by atoms with Crippen molar-refractivity contribution in [3.63, 3.8) is 0 Å². The molecule has 0 atom stereocenters. The van der Waals surface area contributed by atoms with Gasteiger partial charge in [0.25, 0.3) is 0 Å². The summed E-state index contributed by atoms with van der Waals surface area (Å²) in [6.45, 7) is 0.645. The SMILES string of the molecule is COc1cc(C#N)cc(Cl)c1OCCOc1ccc(-c2ccccc2)cc1. The van der Waals surface area contributed by atoms with Crippen LogP contribution in [0.5, 0.6) is 17.2 Å². The molecule has 0 saturated heterocycles. The van der Waals surface area contributed by atoms with E-state index >= 15 is 0 Å².